The highest BCUT2D eigenvalue weighted by Crippen LogP contribution is 2.24. The summed E-state index contributed by atoms with van der Waals surface area (Å²) in [5.41, 5.74) is 1.66. The van der Waals surface area contributed by atoms with Crippen molar-refractivity contribution in [1.29, 1.82) is 0 Å². The zero-order valence-electron chi connectivity index (χ0n) is 9.56. The Morgan fingerprint density at radius 2 is 2.44 bits per heavy atom. The molecule has 0 N–H and O–H groups in total. The predicted octanol–water partition coefficient (Wildman–Crippen LogP) is 3.18. The molecule has 0 radical (unpaired) electrons. The average Bonchev–Trinajstić information content (AvgIpc) is 2.70. The smallest absolute Gasteiger partial charge is 0.222 e. The molecule has 0 fully saturated rings. The summed E-state index contributed by atoms with van der Waals surface area (Å²) in [6, 6.07) is 1.84. The fourth-order valence-electron chi connectivity index (χ4n) is 1.25. The maximum absolute atomic E-state index is 7.35. The van der Waals surface area contributed by atoms with Gasteiger partial charge >= 0.3 is 0 Å². The first kappa shape index (κ1) is 10.5. The summed E-state index contributed by atoms with van der Waals surface area (Å²) in [5, 5.41) is 4.59. The molecule has 2 rings (SSSR count). The van der Waals surface area contributed by atoms with Crippen LogP contribution in [0, 0.1) is 3.70 Å². The maximum Gasteiger partial charge on any atom is 0.222 e. The molecule has 0 aliphatic rings. The zero-order chi connectivity index (χ0) is 12.4. The number of rotatable bonds is 2. The minimum Gasteiger partial charge on any atom is -0.268 e. The second kappa shape index (κ2) is 4.67. The highest BCUT2D eigenvalue weighted by Gasteiger charge is 2.11. The van der Waals surface area contributed by atoms with E-state index in [1.165, 1.54) is 0 Å². The third-order valence-electron chi connectivity index (χ3n) is 2.04. The Labute approximate surface area is 114 Å². The summed E-state index contributed by atoms with van der Waals surface area (Å²) < 4.78 is 9.98. The van der Waals surface area contributed by atoms with Gasteiger partial charge in [-0.1, -0.05) is 0 Å². The summed E-state index contributed by atoms with van der Waals surface area (Å²) in [6.45, 7) is 2.24. The molecular formula is C10H10ClIN4. The fourth-order valence-corrected chi connectivity index (χ4v) is 2.06. The second-order valence-corrected chi connectivity index (χ2v) is 4.73. The Kier molecular flexibility index (Phi) is 3.05. The lowest BCUT2D eigenvalue weighted by molar-refractivity contribution is 0.529. The van der Waals surface area contributed by atoms with Gasteiger partial charge in [0, 0.05) is 19.8 Å². The molecule has 0 saturated carbocycles. The quantitative estimate of drug-likeness (QED) is 0.618. The standard InChI is InChI=1S/C10H10ClIN4/c1-6(2)16-5-7(9(12)15-16)8-3-4-13-10(11)14-8/h3-6H,1-2H3/i1D. The van der Waals surface area contributed by atoms with Crippen molar-refractivity contribution in [3.8, 4) is 11.3 Å². The molecule has 0 aromatic carbocycles. The number of nitrogens with zero attached hydrogens (tertiary/aromatic N) is 4. The number of hydrogen-bond donors (Lipinski definition) is 0. The van der Waals surface area contributed by atoms with E-state index < -0.39 is 0 Å². The van der Waals surface area contributed by atoms with Gasteiger partial charge in [-0.3, -0.25) is 4.68 Å². The second-order valence-electron chi connectivity index (χ2n) is 3.37. The van der Waals surface area contributed by atoms with Crippen molar-refractivity contribution in [2.45, 2.75) is 19.9 Å². The van der Waals surface area contributed by atoms with Gasteiger partial charge in [0.2, 0.25) is 5.28 Å². The van der Waals surface area contributed by atoms with Crippen LogP contribution >= 0.6 is 34.2 Å². The van der Waals surface area contributed by atoms with Gasteiger partial charge in [-0.15, -0.1) is 0 Å². The van der Waals surface area contributed by atoms with Crippen molar-refractivity contribution >= 4 is 34.2 Å². The molecule has 0 spiro atoms. The lowest BCUT2D eigenvalue weighted by atomic mass is 10.2. The molecule has 0 aliphatic heterocycles. The molecule has 16 heavy (non-hydrogen) atoms. The normalized spacial score (nSPS) is 13.6. The SMILES string of the molecule is [2H]CC(C)n1cc(-c2ccnc(Cl)n2)c(I)n1. The van der Waals surface area contributed by atoms with Crippen LogP contribution in [0.25, 0.3) is 11.3 Å². The minimum absolute atomic E-state index is 0.0505. The van der Waals surface area contributed by atoms with Crippen LogP contribution in [0.3, 0.4) is 0 Å². The summed E-state index contributed by atoms with van der Waals surface area (Å²) in [6.07, 6.45) is 3.51. The minimum atomic E-state index is 0.0505. The van der Waals surface area contributed by atoms with E-state index in [2.05, 4.69) is 37.7 Å². The van der Waals surface area contributed by atoms with Crippen LogP contribution in [0.4, 0.5) is 0 Å². The number of halogens is 2. The van der Waals surface area contributed by atoms with Gasteiger partial charge in [0.05, 0.1) is 11.3 Å². The predicted molar refractivity (Wildman–Crippen MR) is 71.4 cm³/mol. The first-order valence-electron chi connectivity index (χ1n) is 5.35. The van der Waals surface area contributed by atoms with Crippen LogP contribution in [0.5, 0.6) is 0 Å². The first-order valence-corrected chi connectivity index (χ1v) is 6.10. The van der Waals surface area contributed by atoms with Crippen molar-refractivity contribution in [1.82, 2.24) is 19.7 Å². The van der Waals surface area contributed by atoms with Gasteiger partial charge in [-0.2, -0.15) is 5.10 Å². The zero-order valence-corrected chi connectivity index (χ0v) is 11.5. The molecule has 2 aromatic heterocycles. The van der Waals surface area contributed by atoms with Crippen molar-refractivity contribution in [2.24, 2.45) is 0 Å². The third kappa shape index (κ3) is 2.35. The highest BCUT2D eigenvalue weighted by molar-refractivity contribution is 14.1. The van der Waals surface area contributed by atoms with Crippen molar-refractivity contribution in [3.63, 3.8) is 0 Å². The topological polar surface area (TPSA) is 43.6 Å². The Morgan fingerprint density at radius 1 is 1.62 bits per heavy atom. The monoisotopic (exact) mass is 349 g/mol. The van der Waals surface area contributed by atoms with Gasteiger partial charge in [0.25, 0.3) is 0 Å². The Balaban J connectivity index is 2.42. The lowest BCUT2D eigenvalue weighted by Gasteiger charge is -2.02. The van der Waals surface area contributed by atoms with Crippen LogP contribution < -0.4 is 0 Å². The Morgan fingerprint density at radius 3 is 3.12 bits per heavy atom. The van der Waals surface area contributed by atoms with E-state index in [4.69, 9.17) is 13.0 Å². The van der Waals surface area contributed by atoms with E-state index >= 15 is 0 Å². The Bertz CT molecular complexity index is 531. The summed E-state index contributed by atoms with van der Waals surface area (Å²) >= 11 is 7.91. The molecular weight excluding hydrogens is 338 g/mol. The molecule has 0 saturated heterocycles. The largest absolute Gasteiger partial charge is 0.268 e. The molecule has 0 aliphatic carbocycles. The van der Waals surface area contributed by atoms with E-state index in [1.807, 2.05) is 13.1 Å². The maximum atomic E-state index is 7.35. The van der Waals surface area contributed by atoms with Crippen LogP contribution in [0.2, 0.25) is 5.28 Å². The van der Waals surface area contributed by atoms with E-state index in [1.54, 1.807) is 16.9 Å². The van der Waals surface area contributed by atoms with E-state index in [-0.39, 0.29) is 11.3 Å². The summed E-state index contributed by atoms with van der Waals surface area (Å²) in [4.78, 5) is 8.00. The van der Waals surface area contributed by atoms with Crippen molar-refractivity contribution < 1.29 is 1.37 Å². The molecule has 1 unspecified atom stereocenters. The lowest BCUT2D eigenvalue weighted by Crippen LogP contribution is -2.00. The van der Waals surface area contributed by atoms with E-state index in [0.29, 0.717) is 6.90 Å². The molecule has 0 amide bonds. The molecule has 84 valence electrons. The van der Waals surface area contributed by atoms with Gasteiger partial charge in [0.1, 0.15) is 3.70 Å². The number of hydrogen-bond acceptors (Lipinski definition) is 3. The molecule has 4 nitrogen and oxygen atoms in total. The average molecular weight is 350 g/mol. The van der Waals surface area contributed by atoms with Gasteiger partial charge in [-0.25, -0.2) is 9.97 Å². The molecule has 2 heterocycles. The molecule has 1 atom stereocenters. The summed E-state index contributed by atoms with van der Waals surface area (Å²) in [5.74, 6) is 0. The van der Waals surface area contributed by atoms with Crippen molar-refractivity contribution in [3.05, 3.63) is 27.4 Å². The van der Waals surface area contributed by atoms with Crippen molar-refractivity contribution in [2.75, 3.05) is 0 Å². The number of aromatic nitrogens is 4. The molecule has 2 aromatic rings. The van der Waals surface area contributed by atoms with Crippen LogP contribution in [0.1, 0.15) is 21.2 Å². The van der Waals surface area contributed by atoms with Gasteiger partial charge in [-0.05, 0) is 54.1 Å². The van der Waals surface area contributed by atoms with Gasteiger partial charge in [0.15, 0.2) is 0 Å². The third-order valence-corrected chi connectivity index (χ3v) is 3.02. The highest BCUT2D eigenvalue weighted by atomic mass is 127. The Hall–Kier alpha value is -0.690. The van der Waals surface area contributed by atoms with Crippen LogP contribution in [-0.2, 0) is 0 Å². The van der Waals surface area contributed by atoms with E-state index in [9.17, 15) is 0 Å². The van der Waals surface area contributed by atoms with Crippen LogP contribution in [-0.4, -0.2) is 19.7 Å². The summed E-state index contributed by atoms with van der Waals surface area (Å²) in [7, 11) is 0. The van der Waals surface area contributed by atoms with E-state index in [0.717, 1.165) is 15.0 Å². The molecule has 0 bridgehead atoms. The first-order chi connectivity index (χ1) is 8.11. The fraction of sp³-hybridized carbons (Fsp3) is 0.300. The van der Waals surface area contributed by atoms with Crippen LogP contribution in [0.15, 0.2) is 18.5 Å². The van der Waals surface area contributed by atoms with Gasteiger partial charge < -0.3 is 0 Å². The molecule has 6 heteroatoms.